The summed E-state index contributed by atoms with van der Waals surface area (Å²) >= 11 is 11.2. The Morgan fingerprint density at radius 2 is 1.77 bits per heavy atom. The van der Waals surface area contributed by atoms with E-state index in [0.717, 1.165) is 6.26 Å². The molecule has 0 aromatic heterocycles. The highest BCUT2D eigenvalue weighted by molar-refractivity contribution is 7.90. The molecular formula is C8H8Cl2O2S. The van der Waals surface area contributed by atoms with E-state index in [2.05, 4.69) is 0 Å². The number of sulfone groups is 1. The van der Waals surface area contributed by atoms with Gasteiger partial charge in [-0.2, -0.15) is 0 Å². The third kappa shape index (κ3) is 2.59. The number of hydrogen-bond donors (Lipinski definition) is 0. The molecule has 13 heavy (non-hydrogen) atoms. The molecule has 0 bridgehead atoms. The standard InChI is InChI=1S/C8H8Cl2O2S/c1-13(11,12)7-5-3-2-4-6(7)8(9)10/h2-5,8H,1H3. The van der Waals surface area contributed by atoms with Gasteiger partial charge in [-0.05, 0) is 6.07 Å². The van der Waals surface area contributed by atoms with Crippen LogP contribution in [0.2, 0.25) is 0 Å². The van der Waals surface area contributed by atoms with Crippen LogP contribution in [0.5, 0.6) is 0 Å². The summed E-state index contributed by atoms with van der Waals surface area (Å²) in [6.45, 7) is 0. The molecule has 2 nitrogen and oxygen atoms in total. The Hall–Kier alpha value is -0.250. The third-order valence-electron chi connectivity index (χ3n) is 1.55. The molecule has 0 aliphatic carbocycles. The molecule has 0 saturated carbocycles. The van der Waals surface area contributed by atoms with E-state index in [9.17, 15) is 8.42 Å². The summed E-state index contributed by atoms with van der Waals surface area (Å²) in [5, 5.41) is 0. The zero-order valence-corrected chi connectivity index (χ0v) is 9.20. The third-order valence-corrected chi connectivity index (χ3v) is 3.19. The van der Waals surface area contributed by atoms with E-state index >= 15 is 0 Å². The van der Waals surface area contributed by atoms with Crippen molar-refractivity contribution >= 4 is 33.0 Å². The van der Waals surface area contributed by atoms with Crippen molar-refractivity contribution in [3.63, 3.8) is 0 Å². The zero-order valence-electron chi connectivity index (χ0n) is 6.87. The maximum Gasteiger partial charge on any atom is 0.175 e. The highest BCUT2D eigenvalue weighted by Crippen LogP contribution is 2.29. The molecule has 0 atom stereocenters. The van der Waals surface area contributed by atoms with Gasteiger partial charge in [0, 0.05) is 11.8 Å². The monoisotopic (exact) mass is 238 g/mol. The fourth-order valence-electron chi connectivity index (χ4n) is 0.998. The minimum Gasteiger partial charge on any atom is -0.224 e. The smallest absolute Gasteiger partial charge is 0.175 e. The minimum absolute atomic E-state index is 0.185. The van der Waals surface area contributed by atoms with E-state index in [1.807, 2.05) is 0 Å². The molecule has 0 fully saturated rings. The molecule has 72 valence electrons. The number of hydrogen-bond acceptors (Lipinski definition) is 2. The lowest BCUT2D eigenvalue weighted by Gasteiger charge is -2.07. The number of halogens is 2. The molecule has 1 aromatic rings. The molecule has 0 spiro atoms. The van der Waals surface area contributed by atoms with Gasteiger partial charge < -0.3 is 0 Å². The maximum absolute atomic E-state index is 11.2. The molecule has 0 N–H and O–H groups in total. The first-order valence-electron chi connectivity index (χ1n) is 3.50. The van der Waals surface area contributed by atoms with Gasteiger partial charge >= 0.3 is 0 Å². The summed E-state index contributed by atoms with van der Waals surface area (Å²) in [6, 6.07) is 6.42. The Bertz CT molecular complexity index is 398. The Kier molecular flexibility index (Phi) is 3.22. The van der Waals surface area contributed by atoms with E-state index in [4.69, 9.17) is 23.2 Å². The van der Waals surface area contributed by atoms with Crippen LogP contribution in [-0.4, -0.2) is 14.7 Å². The molecule has 0 amide bonds. The Labute approximate surface area is 87.4 Å². The molecular weight excluding hydrogens is 231 g/mol. The molecule has 0 unspecified atom stereocenters. The van der Waals surface area contributed by atoms with Crippen LogP contribution in [0, 0.1) is 0 Å². The van der Waals surface area contributed by atoms with Gasteiger partial charge in [0.15, 0.2) is 9.84 Å². The number of benzene rings is 1. The predicted octanol–water partition coefficient (Wildman–Crippen LogP) is 2.57. The first kappa shape index (κ1) is 10.8. The average molecular weight is 239 g/mol. The van der Waals surface area contributed by atoms with Gasteiger partial charge in [0.05, 0.1) is 4.90 Å². The summed E-state index contributed by atoms with van der Waals surface area (Å²) in [5.41, 5.74) is 0.424. The van der Waals surface area contributed by atoms with E-state index in [1.54, 1.807) is 18.2 Å². The van der Waals surface area contributed by atoms with E-state index in [-0.39, 0.29) is 4.90 Å². The lowest BCUT2D eigenvalue weighted by atomic mass is 10.2. The van der Waals surface area contributed by atoms with Gasteiger partial charge in [0.1, 0.15) is 4.84 Å². The quantitative estimate of drug-likeness (QED) is 0.743. The largest absolute Gasteiger partial charge is 0.224 e. The lowest BCUT2D eigenvalue weighted by Crippen LogP contribution is -2.01. The van der Waals surface area contributed by atoms with Crippen LogP contribution < -0.4 is 0 Å². The molecule has 0 saturated heterocycles. The molecule has 0 aliphatic heterocycles. The molecule has 1 rings (SSSR count). The second-order valence-electron chi connectivity index (χ2n) is 2.61. The van der Waals surface area contributed by atoms with Gasteiger partial charge in [-0.15, -0.1) is 23.2 Å². The average Bonchev–Trinajstić information content (AvgIpc) is 2.03. The summed E-state index contributed by atoms with van der Waals surface area (Å²) in [6.07, 6.45) is 1.13. The summed E-state index contributed by atoms with van der Waals surface area (Å²) < 4.78 is 22.5. The molecule has 0 radical (unpaired) electrons. The van der Waals surface area contributed by atoms with Crippen molar-refractivity contribution < 1.29 is 8.42 Å². The fourth-order valence-corrected chi connectivity index (χ4v) is 2.45. The first-order valence-corrected chi connectivity index (χ1v) is 6.26. The first-order chi connectivity index (χ1) is 5.93. The number of alkyl halides is 2. The Balaban J connectivity index is 3.37. The second kappa shape index (κ2) is 3.86. The van der Waals surface area contributed by atoms with Crippen LogP contribution in [0.1, 0.15) is 10.4 Å². The van der Waals surface area contributed by atoms with Crippen molar-refractivity contribution in [2.24, 2.45) is 0 Å². The topological polar surface area (TPSA) is 34.1 Å². The van der Waals surface area contributed by atoms with Crippen LogP contribution in [0.4, 0.5) is 0 Å². The second-order valence-corrected chi connectivity index (χ2v) is 5.69. The van der Waals surface area contributed by atoms with Crippen LogP contribution in [0.15, 0.2) is 29.2 Å². The van der Waals surface area contributed by atoms with Gasteiger partial charge in [-0.25, -0.2) is 8.42 Å². The highest BCUT2D eigenvalue weighted by Gasteiger charge is 2.16. The van der Waals surface area contributed by atoms with Crippen LogP contribution >= 0.6 is 23.2 Å². The zero-order chi connectivity index (χ0) is 10.1. The lowest BCUT2D eigenvalue weighted by molar-refractivity contribution is 0.601. The van der Waals surface area contributed by atoms with E-state index < -0.39 is 14.7 Å². The summed E-state index contributed by atoms with van der Waals surface area (Å²) in [4.78, 5) is -0.629. The van der Waals surface area contributed by atoms with Crippen molar-refractivity contribution in [2.45, 2.75) is 9.73 Å². The highest BCUT2D eigenvalue weighted by atomic mass is 35.5. The van der Waals surface area contributed by atoms with Gasteiger partial charge in [-0.3, -0.25) is 0 Å². The SMILES string of the molecule is CS(=O)(=O)c1ccccc1C(Cl)Cl. The predicted molar refractivity (Wildman–Crippen MR) is 54.0 cm³/mol. The van der Waals surface area contributed by atoms with Crippen molar-refractivity contribution in [1.29, 1.82) is 0 Å². The number of rotatable bonds is 2. The van der Waals surface area contributed by atoms with E-state index in [0.29, 0.717) is 5.56 Å². The maximum atomic E-state index is 11.2. The molecule has 1 aromatic carbocycles. The van der Waals surface area contributed by atoms with Crippen LogP contribution in [0.25, 0.3) is 0 Å². The fraction of sp³-hybridized carbons (Fsp3) is 0.250. The van der Waals surface area contributed by atoms with Crippen molar-refractivity contribution in [3.8, 4) is 0 Å². The minimum atomic E-state index is -3.25. The van der Waals surface area contributed by atoms with Crippen molar-refractivity contribution in [1.82, 2.24) is 0 Å². The normalized spacial score (nSPS) is 12.0. The van der Waals surface area contributed by atoms with Crippen molar-refractivity contribution in [3.05, 3.63) is 29.8 Å². The molecule has 0 heterocycles. The molecule has 0 aliphatic rings. The van der Waals surface area contributed by atoms with Gasteiger partial charge in [0.2, 0.25) is 0 Å². The van der Waals surface area contributed by atoms with Gasteiger partial charge in [-0.1, -0.05) is 18.2 Å². The van der Waals surface area contributed by atoms with E-state index in [1.165, 1.54) is 6.07 Å². The Morgan fingerprint density at radius 1 is 1.23 bits per heavy atom. The summed E-state index contributed by atoms with van der Waals surface area (Å²) in [7, 11) is -3.25. The Morgan fingerprint density at radius 3 is 2.15 bits per heavy atom. The van der Waals surface area contributed by atoms with Crippen molar-refractivity contribution in [2.75, 3.05) is 6.26 Å². The van der Waals surface area contributed by atoms with Crippen LogP contribution in [0.3, 0.4) is 0 Å². The van der Waals surface area contributed by atoms with Crippen LogP contribution in [-0.2, 0) is 9.84 Å². The summed E-state index contributed by atoms with van der Waals surface area (Å²) in [5.74, 6) is 0. The van der Waals surface area contributed by atoms with Gasteiger partial charge in [0.25, 0.3) is 0 Å². The molecule has 5 heteroatoms.